The van der Waals surface area contributed by atoms with Crippen molar-refractivity contribution in [2.45, 2.75) is 33.3 Å². The highest BCUT2D eigenvalue weighted by Crippen LogP contribution is 2.30. The number of anilines is 1. The van der Waals surface area contributed by atoms with Crippen molar-refractivity contribution in [2.24, 2.45) is 0 Å². The average molecular weight is 350 g/mol. The number of carbonyl (C=O) groups excluding carboxylic acids is 1. The van der Waals surface area contributed by atoms with Gasteiger partial charge in [0.2, 0.25) is 0 Å². The first-order valence-electron chi connectivity index (χ1n) is 8.35. The summed E-state index contributed by atoms with van der Waals surface area (Å²) in [6.45, 7) is 7.37. The van der Waals surface area contributed by atoms with Crippen molar-refractivity contribution < 1.29 is 9.53 Å². The zero-order valence-corrected chi connectivity index (χ0v) is 15.4. The van der Waals surface area contributed by atoms with Crippen molar-refractivity contribution in [3.8, 4) is 22.5 Å². The van der Waals surface area contributed by atoms with Crippen molar-refractivity contribution in [1.82, 2.24) is 14.8 Å². The molecule has 1 aromatic carbocycles. The molecule has 0 aliphatic heterocycles. The van der Waals surface area contributed by atoms with Gasteiger partial charge in [-0.05, 0) is 39.3 Å². The molecule has 2 N–H and O–H groups in total. The molecule has 6 heteroatoms. The Labute approximate surface area is 152 Å². The molecule has 0 bridgehead atoms. The zero-order chi connectivity index (χ0) is 18.9. The van der Waals surface area contributed by atoms with E-state index in [-0.39, 0.29) is 0 Å². The normalized spacial score (nSPS) is 11.4. The Morgan fingerprint density at radius 2 is 1.81 bits per heavy atom. The first-order valence-corrected chi connectivity index (χ1v) is 8.35. The summed E-state index contributed by atoms with van der Waals surface area (Å²) in [5.41, 5.74) is 10.2. The zero-order valence-electron chi connectivity index (χ0n) is 15.4. The Hall–Kier alpha value is -3.15. The Balaban J connectivity index is 1.99. The number of nitrogens with zero attached hydrogens (tertiary/aromatic N) is 3. The van der Waals surface area contributed by atoms with Crippen LogP contribution in [0.25, 0.3) is 22.5 Å². The van der Waals surface area contributed by atoms with Crippen molar-refractivity contribution in [1.29, 1.82) is 0 Å². The van der Waals surface area contributed by atoms with Gasteiger partial charge >= 0.3 is 6.09 Å². The van der Waals surface area contributed by atoms with E-state index in [1.54, 1.807) is 12.4 Å². The summed E-state index contributed by atoms with van der Waals surface area (Å²) in [5, 5.41) is 4.11. The molecular formula is C20H22N4O2. The molecule has 2 heterocycles. The van der Waals surface area contributed by atoms with E-state index in [0.29, 0.717) is 11.4 Å². The van der Waals surface area contributed by atoms with Crippen LogP contribution in [0.1, 0.15) is 26.3 Å². The highest BCUT2D eigenvalue weighted by Gasteiger charge is 2.20. The fourth-order valence-electron chi connectivity index (χ4n) is 2.61. The van der Waals surface area contributed by atoms with Crippen LogP contribution in [-0.2, 0) is 4.74 Å². The van der Waals surface area contributed by atoms with Gasteiger partial charge in [0.15, 0.2) is 0 Å². The molecule has 0 radical (unpaired) electrons. The van der Waals surface area contributed by atoms with E-state index in [9.17, 15) is 4.79 Å². The van der Waals surface area contributed by atoms with Gasteiger partial charge in [0.25, 0.3) is 0 Å². The third kappa shape index (κ3) is 3.74. The first kappa shape index (κ1) is 17.7. The standard InChI is InChI=1S/C20H22N4O2/c1-13-10-16(21)18(14-8-6-5-7-9-14)23-17(13)15-11-22-24(12-15)19(25)26-20(2,3)4/h5-12H,21H2,1-4H3. The minimum atomic E-state index is -0.584. The number of carbonyl (C=O) groups is 1. The van der Waals surface area contributed by atoms with Crippen LogP contribution >= 0.6 is 0 Å². The Morgan fingerprint density at radius 3 is 2.46 bits per heavy atom. The van der Waals surface area contributed by atoms with E-state index in [4.69, 9.17) is 15.5 Å². The number of nitrogen functional groups attached to an aromatic ring is 1. The number of pyridine rings is 1. The monoisotopic (exact) mass is 350 g/mol. The predicted octanol–water partition coefficient (Wildman–Crippen LogP) is 4.29. The minimum Gasteiger partial charge on any atom is -0.442 e. The smallest absolute Gasteiger partial charge is 0.435 e. The largest absolute Gasteiger partial charge is 0.442 e. The Kier molecular flexibility index (Phi) is 4.50. The fourth-order valence-corrected chi connectivity index (χ4v) is 2.61. The third-order valence-corrected chi connectivity index (χ3v) is 3.73. The van der Waals surface area contributed by atoms with Crippen LogP contribution in [-0.4, -0.2) is 26.5 Å². The lowest BCUT2D eigenvalue weighted by Crippen LogP contribution is -2.27. The molecule has 0 unspecified atom stereocenters. The predicted molar refractivity (Wildman–Crippen MR) is 102 cm³/mol. The van der Waals surface area contributed by atoms with Crippen LogP contribution in [0.15, 0.2) is 48.8 Å². The average Bonchev–Trinajstić information content (AvgIpc) is 3.04. The van der Waals surface area contributed by atoms with E-state index >= 15 is 0 Å². The lowest BCUT2D eigenvalue weighted by atomic mass is 10.0. The van der Waals surface area contributed by atoms with Crippen molar-refractivity contribution >= 4 is 11.8 Å². The lowest BCUT2D eigenvalue weighted by molar-refractivity contribution is 0.0514. The molecule has 0 aliphatic carbocycles. The van der Waals surface area contributed by atoms with Gasteiger partial charge in [-0.1, -0.05) is 30.3 Å². The lowest BCUT2D eigenvalue weighted by Gasteiger charge is -2.18. The summed E-state index contributed by atoms with van der Waals surface area (Å²) in [6.07, 6.45) is 2.69. The molecule has 0 saturated carbocycles. The van der Waals surface area contributed by atoms with Gasteiger partial charge in [0, 0.05) is 17.3 Å². The SMILES string of the molecule is Cc1cc(N)c(-c2ccccc2)nc1-c1cnn(C(=O)OC(C)(C)C)c1. The summed E-state index contributed by atoms with van der Waals surface area (Å²) >= 11 is 0. The fraction of sp³-hybridized carbons (Fsp3) is 0.250. The molecule has 0 aliphatic rings. The van der Waals surface area contributed by atoms with E-state index in [2.05, 4.69) is 5.10 Å². The van der Waals surface area contributed by atoms with E-state index in [1.165, 1.54) is 4.68 Å². The van der Waals surface area contributed by atoms with Crippen LogP contribution < -0.4 is 5.73 Å². The number of nitrogens with two attached hydrogens (primary N) is 1. The van der Waals surface area contributed by atoms with Gasteiger partial charge in [0.1, 0.15) is 5.60 Å². The molecule has 0 saturated heterocycles. The first-order chi connectivity index (χ1) is 12.2. The Morgan fingerprint density at radius 1 is 1.12 bits per heavy atom. The number of aromatic nitrogens is 3. The molecule has 134 valence electrons. The highest BCUT2D eigenvalue weighted by molar-refractivity contribution is 5.78. The molecule has 6 nitrogen and oxygen atoms in total. The van der Waals surface area contributed by atoms with Gasteiger partial charge < -0.3 is 10.5 Å². The third-order valence-electron chi connectivity index (χ3n) is 3.73. The molecule has 0 amide bonds. The second-order valence-electron chi connectivity index (χ2n) is 7.11. The van der Waals surface area contributed by atoms with Crippen LogP contribution in [0.3, 0.4) is 0 Å². The molecule has 3 aromatic rings. The van der Waals surface area contributed by atoms with Gasteiger partial charge in [-0.15, -0.1) is 0 Å². The maximum atomic E-state index is 12.2. The van der Waals surface area contributed by atoms with Gasteiger partial charge in [-0.3, -0.25) is 0 Å². The minimum absolute atomic E-state index is 0.528. The molecule has 3 rings (SSSR count). The molecule has 2 aromatic heterocycles. The molecule has 0 atom stereocenters. The number of hydrogen-bond acceptors (Lipinski definition) is 5. The van der Waals surface area contributed by atoms with E-state index in [0.717, 1.165) is 22.4 Å². The van der Waals surface area contributed by atoms with Crippen molar-refractivity contribution in [3.63, 3.8) is 0 Å². The number of ether oxygens (including phenoxy) is 1. The van der Waals surface area contributed by atoms with Crippen LogP contribution in [0, 0.1) is 6.92 Å². The van der Waals surface area contributed by atoms with Gasteiger partial charge in [-0.2, -0.15) is 9.78 Å². The Bertz CT molecular complexity index is 940. The number of hydrogen-bond donors (Lipinski definition) is 1. The van der Waals surface area contributed by atoms with E-state index in [1.807, 2.05) is 64.1 Å². The molecular weight excluding hydrogens is 328 g/mol. The molecule has 26 heavy (non-hydrogen) atoms. The maximum Gasteiger partial charge on any atom is 0.435 e. The van der Waals surface area contributed by atoms with E-state index < -0.39 is 11.7 Å². The summed E-state index contributed by atoms with van der Waals surface area (Å²) in [7, 11) is 0. The summed E-state index contributed by atoms with van der Waals surface area (Å²) in [6, 6.07) is 11.6. The topological polar surface area (TPSA) is 83.0 Å². The van der Waals surface area contributed by atoms with Crippen LogP contribution in [0.4, 0.5) is 10.5 Å². The van der Waals surface area contributed by atoms with Crippen LogP contribution in [0.5, 0.6) is 0 Å². The molecule has 0 spiro atoms. The quantitative estimate of drug-likeness (QED) is 0.745. The second kappa shape index (κ2) is 6.63. The van der Waals surface area contributed by atoms with Crippen LogP contribution in [0.2, 0.25) is 0 Å². The summed E-state index contributed by atoms with van der Waals surface area (Å²) < 4.78 is 6.52. The summed E-state index contributed by atoms with van der Waals surface area (Å²) in [5.74, 6) is 0. The van der Waals surface area contributed by atoms with Crippen molar-refractivity contribution in [3.05, 3.63) is 54.4 Å². The van der Waals surface area contributed by atoms with Gasteiger partial charge in [-0.25, -0.2) is 9.78 Å². The number of aryl methyl sites for hydroxylation is 1. The number of rotatable bonds is 2. The van der Waals surface area contributed by atoms with Crippen molar-refractivity contribution in [2.75, 3.05) is 5.73 Å². The highest BCUT2D eigenvalue weighted by atomic mass is 16.6. The summed E-state index contributed by atoms with van der Waals surface area (Å²) in [4.78, 5) is 16.9. The molecule has 0 fully saturated rings. The number of benzene rings is 1. The maximum absolute atomic E-state index is 12.2. The second-order valence-corrected chi connectivity index (χ2v) is 7.11. The van der Waals surface area contributed by atoms with Gasteiger partial charge in [0.05, 0.1) is 23.3 Å².